The Bertz CT molecular complexity index is 241. The number of allylic oxidation sites excluding steroid dienone is 1. The number of hydrogen-bond acceptors (Lipinski definition) is 1. The Morgan fingerprint density at radius 2 is 1.88 bits per heavy atom. The van der Waals surface area contributed by atoms with Crippen LogP contribution in [0.3, 0.4) is 0 Å². The molecule has 0 aliphatic rings. The number of alkyl halides is 1. The van der Waals surface area contributed by atoms with Crippen molar-refractivity contribution in [1.29, 1.82) is 0 Å². The summed E-state index contributed by atoms with van der Waals surface area (Å²) in [6, 6.07) is 0. The summed E-state index contributed by atoms with van der Waals surface area (Å²) in [6.07, 6.45) is 2.29. The van der Waals surface area contributed by atoms with Crippen molar-refractivity contribution in [1.82, 2.24) is 0 Å². The van der Waals surface area contributed by atoms with Gasteiger partial charge in [-0.05, 0) is 31.0 Å². The summed E-state index contributed by atoms with van der Waals surface area (Å²) in [5, 5.41) is 1.32. The third kappa shape index (κ3) is 5.64. The molecule has 0 unspecified atom stereocenters. The van der Waals surface area contributed by atoms with E-state index in [0.29, 0.717) is 11.0 Å². The normalized spacial score (nSPS) is 16.4. The van der Waals surface area contributed by atoms with Crippen LogP contribution in [0.25, 0.3) is 0 Å². The Morgan fingerprint density at radius 1 is 1.38 bits per heavy atom. The first kappa shape index (κ1) is 16.4. The lowest BCUT2D eigenvalue weighted by molar-refractivity contribution is 0.318. The highest BCUT2D eigenvalue weighted by Crippen LogP contribution is 2.36. The van der Waals surface area contributed by atoms with E-state index in [1.165, 1.54) is 5.57 Å². The molecule has 0 N–H and O–H groups in total. The third-order valence-corrected chi connectivity index (χ3v) is 8.78. The monoisotopic (exact) mass is 306 g/mol. The second-order valence-electron chi connectivity index (χ2n) is 6.19. The molecule has 0 aliphatic carbocycles. The van der Waals surface area contributed by atoms with E-state index >= 15 is 0 Å². The maximum absolute atomic E-state index is 6.16. The lowest BCUT2D eigenvalue weighted by Gasteiger charge is -2.36. The van der Waals surface area contributed by atoms with Crippen molar-refractivity contribution in [2.45, 2.75) is 52.8 Å². The zero-order valence-electron chi connectivity index (χ0n) is 11.9. The van der Waals surface area contributed by atoms with Crippen molar-refractivity contribution in [2.24, 2.45) is 5.92 Å². The molecule has 0 saturated carbocycles. The van der Waals surface area contributed by atoms with Gasteiger partial charge in [-0.2, -0.15) is 0 Å². The molecule has 0 saturated heterocycles. The standard InChI is InChI=1S/C13H27BrOSi/c1-11(9-14)8-12(2)10-15-16(6,7)13(3,4)5/h8,11H,9-10H2,1-7H3/b12-8+/t11-/m1/s1. The second-order valence-corrected chi connectivity index (χ2v) is 11.7. The van der Waals surface area contributed by atoms with Crippen molar-refractivity contribution < 1.29 is 4.43 Å². The van der Waals surface area contributed by atoms with Crippen LogP contribution < -0.4 is 0 Å². The molecular weight excluding hydrogens is 280 g/mol. The first-order chi connectivity index (χ1) is 7.10. The summed E-state index contributed by atoms with van der Waals surface area (Å²) in [4.78, 5) is 0. The van der Waals surface area contributed by atoms with E-state index in [-0.39, 0.29) is 0 Å². The summed E-state index contributed by atoms with van der Waals surface area (Å²) in [6.45, 7) is 16.6. The van der Waals surface area contributed by atoms with Gasteiger partial charge in [0.1, 0.15) is 0 Å². The molecule has 0 aromatic heterocycles. The van der Waals surface area contributed by atoms with Crippen LogP contribution in [0.5, 0.6) is 0 Å². The van der Waals surface area contributed by atoms with Gasteiger partial charge in [0.25, 0.3) is 0 Å². The van der Waals surface area contributed by atoms with Gasteiger partial charge in [0.05, 0.1) is 6.61 Å². The van der Waals surface area contributed by atoms with Gasteiger partial charge < -0.3 is 4.43 Å². The predicted octanol–water partition coefficient (Wildman–Crippen LogP) is 4.99. The molecule has 0 aliphatic heterocycles. The first-order valence-electron chi connectivity index (χ1n) is 5.97. The smallest absolute Gasteiger partial charge is 0.192 e. The average Bonchev–Trinajstić information content (AvgIpc) is 2.13. The fourth-order valence-electron chi connectivity index (χ4n) is 1.09. The van der Waals surface area contributed by atoms with Crippen molar-refractivity contribution in [3.8, 4) is 0 Å². The Kier molecular flexibility index (Phi) is 6.52. The van der Waals surface area contributed by atoms with Gasteiger partial charge >= 0.3 is 0 Å². The minimum Gasteiger partial charge on any atom is -0.413 e. The van der Waals surface area contributed by atoms with Gasteiger partial charge in [-0.1, -0.05) is 55.3 Å². The Balaban J connectivity index is 4.30. The molecule has 96 valence electrons. The van der Waals surface area contributed by atoms with Gasteiger partial charge in [0, 0.05) is 5.33 Å². The highest BCUT2D eigenvalue weighted by molar-refractivity contribution is 9.09. The lowest BCUT2D eigenvalue weighted by Crippen LogP contribution is -2.41. The Labute approximate surface area is 111 Å². The zero-order chi connectivity index (χ0) is 13.0. The van der Waals surface area contributed by atoms with Crippen LogP contribution in [0.15, 0.2) is 11.6 Å². The van der Waals surface area contributed by atoms with Crippen LogP contribution in [0.4, 0.5) is 0 Å². The summed E-state index contributed by atoms with van der Waals surface area (Å²) in [5.41, 5.74) is 1.34. The number of hydrogen-bond donors (Lipinski definition) is 0. The largest absolute Gasteiger partial charge is 0.413 e. The summed E-state index contributed by atoms with van der Waals surface area (Å²) < 4.78 is 6.16. The number of rotatable bonds is 5. The molecule has 0 heterocycles. The van der Waals surface area contributed by atoms with E-state index in [1.807, 2.05) is 0 Å². The molecule has 1 nitrogen and oxygen atoms in total. The Morgan fingerprint density at radius 3 is 2.25 bits per heavy atom. The van der Waals surface area contributed by atoms with Crippen LogP contribution in [0.1, 0.15) is 34.6 Å². The van der Waals surface area contributed by atoms with Gasteiger partial charge in [0.15, 0.2) is 8.32 Å². The summed E-state index contributed by atoms with van der Waals surface area (Å²) in [5.74, 6) is 0.586. The predicted molar refractivity (Wildman–Crippen MR) is 79.9 cm³/mol. The number of halogens is 1. The molecule has 0 rings (SSSR count). The summed E-state index contributed by atoms with van der Waals surface area (Å²) in [7, 11) is -1.58. The molecule has 16 heavy (non-hydrogen) atoms. The van der Waals surface area contributed by atoms with E-state index in [4.69, 9.17) is 4.43 Å². The lowest BCUT2D eigenvalue weighted by atomic mass is 10.1. The van der Waals surface area contributed by atoms with Crippen molar-refractivity contribution in [2.75, 3.05) is 11.9 Å². The molecule has 0 fully saturated rings. The van der Waals surface area contributed by atoms with Crippen molar-refractivity contribution in [3.63, 3.8) is 0 Å². The molecule has 0 aromatic carbocycles. The van der Waals surface area contributed by atoms with Gasteiger partial charge in [-0.15, -0.1) is 0 Å². The highest BCUT2D eigenvalue weighted by atomic mass is 79.9. The topological polar surface area (TPSA) is 9.23 Å². The maximum atomic E-state index is 6.16. The highest BCUT2D eigenvalue weighted by Gasteiger charge is 2.36. The summed E-state index contributed by atoms with van der Waals surface area (Å²) >= 11 is 3.49. The second kappa shape index (κ2) is 6.36. The Hall–Kier alpha value is 0.397. The molecule has 0 radical (unpaired) electrons. The molecular formula is C13H27BrOSi. The quantitative estimate of drug-likeness (QED) is 0.395. The van der Waals surface area contributed by atoms with Crippen LogP contribution in [-0.4, -0.2) is 20.3 Å². The van der Waals surface area contributed by atoms with Gasteiger partial charge in [-0.25, -0.2) is 0 Å². The first-order valence-corrected chi connectivity index (χ1v) is 10.0. The fourth-order valence-corrected chi connectivity index (χ4v) is 2.30. The van der Waals surface area contributed by atoms with E-state index in [2.05, 4.69) is 69.7 Å². The maximum Gasteiger partial charge on any atom is 0.192 e. The SMILES string of the molecule is C/C(=C\[C@@H](C)CBr)CO[Si](C)(C)C(C)(C)C. The van der Waals surface area contributed by atoms with Crippen LogP contribution in [-0.2, 0) is 4.43 Å². The molecule has 0 aromatic rings. The van der Waals surface area contributed by atoms with Gasteiger partial charge in [0.2, 0.25) is 0 Å². The molecule has 0 amide bonds. The molecule has 0 spiro atoms. The van der Waals surface area contributed by atoms with Gasteiger partial charge in [-0.3, -0.25) is 0 Å². The average molecular weight is 307 g/mol. The zero-order valence-corrected chi connectivity index (χ0v) is 14.4. The third-order valence-electron chi connectivity index (χ3n) is 3.28. The molecule has 3 heteroatoms. The van der Waals surface area contributed by atoms with Crippen LogP contribution >= 0.6 is 15.9 Å². The van der Waals surface area contributed by atoms with E-state index in [1.54, 1.807) is 0 Å². The van der Waals surface area contributed by atoms with Crippen molar-refractivity contribution in [3.05, 3.63) is 11.6 Å². The van der Waals surface area contributed by atoms with Crippen LogP contribution in [0.2, 0.25) is 18.1 Å². The minimum atomic E-state index is -1.58. The molecule has 1 atom stereocenters. The van der Waals surface area contributed by atoms with E-state index in [0.717, 1.165) is 11.9 Å². The van der Waals surface area contributed by atoms with E-state index in [9.17, 15) is 0 Å². The van der Waals surface area contributed by atoms with E-state index < -0.39 is 8.32 Å². The fraction of sp³-hybridized carbons (Fsp3) is 0.846. The molecule has 0 bridgehead atoms. The van der Waals surface area contributed by atoms with Crippen LogP contribution in [0, 0.1) is 5.92 Å². The van der Waals surface area contributed by atoms with Crippen molar-refractivity contribution >= 4 is 24.2 Å². The minimum absolute atomic E-state index is 0.300.